The Hall–Kier alpha value is -6.04. The van der Waals surface area contributed by atoms with Crippen molar-refractivity contribution in [2.75, 3.05) is 84.4 Å². The Bertz CT molecular complexity index is 2500. The molecule has 366 valence electrons. The second-order valence-electron chi connectivity index (χ2n) is 17.0. The van der Waals surface area contributed by atoms with Gasteiger partial charge in [-0.3, -0.25) is 19.2 Å². The molecule has 0 fully saturated rings. The zero-order valence-electron chi connectivity index (χ0n) is 39.9. The number of fused-ring (bicyclic) bond motifs is 4. The summed E-state index contributed by atoms with van der Waals surface area (Å²) in [6, 6.07) is 14.4. The number of aromatic nitrogens is 1. The van der Waals surface area contributed by atoms with Crippen LogP contribution in [0, 0.1) is 19.7 Å². The zero-order valence-corrected chi connectivity index (χ0v) is 39.9. The highest BCUT2D eigenvalue weighted by Crippen LogP contribution is 2.46. The van der Waals surface area contributed by atoms with E-state index in [-0.39, 0.29) is 68.1 Å². The molecule has 4 aromatic rings. The van der Waals surface area contributed by atoms with E-state index in [9.17, 15) is 33.5 Å². The van der Waals surface area contributed by atoms with Gasteiger partial charge in [-0.25, -0.2) is 14.1 Å². The van der Waals surface area contributed by atoms with Crippen molar-refractivity contribution in [2.45, 2.75) is 72.3 Å². The number of likely N-dealkylation sites (N-methyl/N-ethyl adjacent to an activating group) is 1. The second-order valence-corrected chi connectivity index (χ2v) is 17.0. The third-order valence-electron chi connectivity index (χ3n) is 12.5. The van der Waals surface area contributed by atoms with E-state index < -0.39 is 23.7 Å². The van der Waals surface area contributed by atoms with E-state index in [1.807, 2.05) is 19.1 Å². The summed E-state index contributed by atoms with van der Waals surface area (Å²) in [4.78, 5) is 75.1. The Kier molecular flexibility index (Phi) is 18.4. The number of aliphatic hydroxyl groups is 1. The number of nitrogens with zero attached hydrogens (tertiary/aromatic N) is 2. The zero-order chi connectivity index (χ0) is 48.9. The molecule has 1 aromatic heterocycles. The van der Waals surface area contributed by atoms with Crippen LogP contribution in [0.15, 0.2) is 54.6 Å². The number of methoxy groups -OCH3 is 1. The first-order valence-electron chi connectivity index (χ1n) is 23.4. The molecule has 0 saturated carbocycles. The van der Waals surface area contributed by atoms with Crippen molar-refractivity contribution in [2.24, 2.45) is 0 Å². The van der Waals surface area contributed by atoms with Crippen LogP contribution in [0.3, 0.4) is 0 Å². The first-order chi connectivity index (χ1) is 32.8. The highest BCUT2D eigenvalue weighted by Gasteiger charge is 2.40. The van der Waals surface area contributed by atoms with Crippen LogP contribution in [-0.4, -0.2) is 130 Å². The molecule has 4 N–H and O–H groups in total. The minimum Gasteiger partial charge on any atom is -0.448 e. The maximum absolute atomic E-state index is 14.9. The SMILES string of the molecule is CCN(CC)CCNC(=O)c1c(C)[nH]c(/C=C2\C(=O)N(C(=O)OCC3c4cc(C(=O)CCCOC(C)CCO)ccc4-c4ccc(C(=O)NCCOCCCOC)cc43)c3ccc(F)cc32)c1C.[HH]. The number of aryl methyl sites for hydroxylation is 1. The molecule has 2 aliphatic rings. The molecule has 16 heteroatoms. The molecule has 4 amide bonds. The molecule has 15 nitrogen and oxygen atoms in total. The van der Waals surface area contributed by atoms with Gasteiger partial charge < -0.3 is 44.6 Å². The number of carbonyl (C=O) groups is 5. The fourth-order valence-corrected chi connectivity index (χ4v) is 8.69. The summed E-state index contributed by atoms with van der Waals surface area (Å²) in [7, 11) is 1.62. The van der Waals surface area contributed by atoms with Crippen LogP contribution in [0.1, 0.15) is 119 Å². The van der Waals surface area contributed by atoms with Crippen molar-refractivity contribution in [3.63, 3.8) is 0 Å². The van der Waals surface area contributed by atoms with Crippen LogP contribution in [0.4, 0.5) is 14.9 Å². The van der Waals surface area contributed by atoms with Crippen LogP contribution in [0.5, 0.6) is 0 Å². The van der Waals surface area contributed by atoms with E-state index in [4.69, 9.17) is 18.9 Å². The van der Waals surface area contributed by atoms with Crippen molar-refractivity contribution in [3.8, 4) is 11.1 Å². The number of imide groups is 1. The van der Waals surface area contributed by atoms with Crippen molar-refractivity contribution >= 4 is 46.9 Å². The maximum Gasteiger partial charge on any atom is 0.421 e. The molecule has 0 radical (unpaired) electrons. The molecule has 2 atom stereocenters. The Balaban J connectivity index is 0.00000888. The third kappa shape index (κ3) is 12.2. The predicted octanol–water partition coefficient (Wildman–Crippen LogP) is 7.46. The molecule has 1 aliphatic heterocycles. The number of ether oxygens (including phenoxy) is 4. The topological polar surface area (TPSA) is 189 Å². The smallest absolute Gasteiger partial charge is 0.421 e. The van der Waals surface area contributed by atoms with Gasteiger partial charge in [0, 0.05) is 95.0 Å². The summed E-state index contributed by atoms with van der Waals surface area (Å²) in [6.07, 6.45) is 2.31. The molecule has 6 rings (SSSR count). The molecular weight excluding hydrogens is 874 g/mol. The number of rotatable bonds is 25. The molecule has 0 bridgehead atoms. The lowest BCUT2D eigenvalue weighted by Gasteiger charge is -2.19. The molecule has 0 spiro atoms. The summed E-state index contributed by atoms with van der Waals surface area (Å²) >= 11 is 0. The first-order valence-corrected chi connectivity index (χ1v) is 23.4. The van der Waals surface area contributed by atoms with Gasteiger partial charge in [-0.05, 0) is 123 Å². The molecule has 0 saturated heterocycles. The average molecular weight is 940 g/mol. The van der Waals surface area contributed by atoms with Gasteiger partial charge in [0.15, 0.2) is 5.78 Å². The van der Waals surface area contributed by atoms with Crippen molar-refractivity contribution < 1.29 is 53.8 Å². The number of aliphatic hydroxyl groups excluding tert-OH is 1. The predicted molar refractivity (Wildman–Crippen MR) is 260 cm³/mol. The van der Waals surface area contributed by atoms with Gasteiger partial charge in [0.1, 0.15) is 12.4 Å². The van der Waals surface area contributed by atoms with Gasteiger partial charge in [0.05, 0.1) is 29.5 Å². The van der Waals surface area contributed by atoms with E-state index in [0.29, 0.717) is 97.1 Å². The van der Waals surface area contributed by atoms with Crippen molar-refractivity contribution in [1.82, 2.24) is 20.5 Å². The second kappa shape index (κ2) is 24.3. The standard InChI is InChI=1S/C52H64FN5O10.H2/c1-7-57(8-2)21-19-54-50(62)48-33(4)45(56-34(48)5)30-43-42-29-37(53)14-17-46(42)58(51(43)63)52(64)68-31-44-40-27-35(47(60)11-9-25-67-32(3)18-22-59)12-15-38(40)39-16-13-36(28-41(39)44)49(61)55-20-26-66-24-10-23-65-6;/h12-17,27-30,32,44,56,59H,7-11,18-26,31H2,1-6H3,(H,54,62)(H,55,61);1H/b43-30-;. The van der Waals surface area contributed by atoms with E-state index in [1.165, 1.54) is 18.2 Å². The van der Waals surface area contributed by atoms with Crippen LogP contribution >= 0.6 is 0 Å². The van der Waals surface area contributed by atoms with Gasteiger partial charge in [0.25, 0.3) is 17.7 Å². The fraction of sp³-hybridized carbons (Fsp3) is 0.442. The molecule has 2 heterocycles. The lowest BCUT2D eigenvalue weighted by molar-refractivity contribution is -0.112. The average Bonchev–Trinajstić information content (AvgIpc) is 3.90. The van der Waals surface area contributed by atoms with E-state index >= 15 is 0 Å². The molecular formula is C52H66FN5O10. The normalized spacial score (nSPS) is 14.8. The number of halogens is 1. The third-order valence-corrected chi connectivity index (χ3v) is 12.5. The van der Waals surface area contributed by atoms with E-state index in [0.717, 1.165) is 41.6 Å². The lowest BCUT2D eigenvalue weighted by Crippen LogP contribution is -2.35. The summed E-state index contributed by atoms with van der Waals surface area (Å²) < 4.78 is 37.3. The number of amides is 4. The summed E-state index contributed by atoms with van der Waals surface area (Å²) in [5, 5.41) is 15.1. The maximum atomic E-state index is 14.9. The molecule has 2 unspecified atom stereocenters. The van der Waals surface area contributed by atoms with E-state index in [2.05, 4.69) is 34.4 Å². The molecule has 68 heavy (non-hydrogen) atoms. The lowest BCUT2D eigenvalue weighted by atomic mass is 9.94. The highest BCUT2D eigenvalue weighted by atomic mass is 19.1. The molecule has 1 aliphatic carbocycles. The Morgan fingerprint density at radius 3 is 2.31 bits per heavy atom. The fourth-order valence-electron chi connectivity index (χ4n) is 8.69. The Morgan fingerprint density at radius 2 is 1.60 bits per heavy atom. The van der Waals surface area contributed by atoms with Gasteiger partial charge in [-0.15, -0.1) is 0 Å². The van der Waals surface area contributed by atoms with Crippen LogP contribution < -0.4 is 15.5 Å². The number of aromatic amines is 1. The number of ketones is 1. The Morgan fingerprint density at radius 1 is 0.897 bits per heavy atom. The largest absolute Gasteiger partial charge is 0.448 e. The number of hydrogen-bond donors (Lipinski definition) is 4. The van der Waals surface area contributed by atoms with Gasteiger partial charge >= 0.3 is 6.09 Å². The minimum absolute atomic E-state index is 0. The monoisotopic (exact) mass is 939 g/mol. The summed E-state index contributed by atoms with van der Waals surface area (Å²) in [5.74, 6) is -2.71. The number of H-pyrrole nitrogens is 1. The number of Topliss-reactive ketones (excluding diaryl/α,β-unsaturated/α-hetero) is 1. The Labute approximate surface area is 398 Å². The first kappa shape index (κ1) is 51.4. The number of hydrogen-bond acceptors (Lipinski definition) is 11. The van der Waals surface area contributed by atoms with Crippen LogP contribution in [0.2, 0.25) is 0 Å². The minimum atomic E-state index is -1.00. The van der Waals surface area contributed by atoms with E-state index in [1.54, 1.807) is 45.2 Å². The van der Waals surface area contributed by atoms with Crippen molar-refractivity contribution in [1.29, 1.82) is 0 Å². The number of anilines is 1. The number of carbonyl (C=O) groups excluding carboxylic acids is 5. The quantitative estimate of drug-likeness (QED) is 0.0293. The van der Waals surface area contributed by atoms with Crippen LogP contribution in [-0.2, 0) is 23.7 Å². The highest BCUT2D eigenvalue weighted by molar-refractivity contribution is 6.41. The molecule has 3 aromatic carbocycles. The van der Waals surface area contributed by atoms with Crippen molar-refractivity contribution in [3.05, 3.63) is 111 Å². The van der Waals surface area contributed by atoms with Gasteiger partial charge in [-0.1, -0.05) is 32.0 Å². The van der Waals surface area contributed by atoms with Gasteiger partial charge in [-0.2, -0.15) is 0 Å². The number of nitrogens with one attached hydrogen (secondary N) is 3. The summed E-state index contributed by atoms with van der Waals surface area (Å²) in [5.41, 5.74) is 6.18. The van der Waals surface area contributed by atoms with Gasteiger partial charge in [0.2, 0.25) is 0 Å². The summed E-state index contributed by atoms with van der Waals surface area (Å²) in [6.45, 7) is 14.1. The van der Waals surface area contributed by atoms with Crippen LogP contribution in [0.25, 0.3) is 22.8 Å². The number of benzene rings is 3.